The molecule has 3 rings (SSSR count). The molecular weight excluding hydrogens is 358 g/mol. The molecule has 0 saturated heterocycles. The van der Waals surface area contributed by atoms with Crippen LogP contribution in [0.4, 0.5) is 5.69 Å². The number of hydrogen-bond acceptors (Lipinski definition) is 5. The first kappa shape index (κ1) is 18.9. The fourth-order valence-corrected chi connectivity index (χ4v) is 2.74. The van der Waals surface area contributed by atoms with Crippen LogP contribution < -0.4 is 20.2 Å². The predicted octanol–water partition coefficient (Wildman–Crippen LogP) is 2.95. The lowest BCUT2D eigenvalue weighted by Crippen LogP contribution is -2.32. The number of para-hydroxylation sites is 1. The molecule has 0 bridgehead atoms. The van der Waals surface area contributed by atoms with E-state index in [1.807, 2.05) is 36.4 Å². The van der Waals surface area contributed by atoms with E-state index in [9.17, 15) is 9.59 Å². The van der Waals surface area contributed by atoms with Crippen LogP contribution in [0.25, 0.3) is 10.8 Å². The SMILES string of the molecule is COc1cccc(C=NNC(=O)C(=O)Nc2cccc3ccccc23)c1OC. The number of ether oxygens (including phenoxy) is 2. The largest absolute Gasteiger partial charge is 0.493 e. The fourth-order valence-electron chi connectivity index (χ4n) is 2.74. The Balaban J connectivity index is 1.68. The molecule has 3 aromatic rings. The van der Waals surface area contributed by atoms with E-state index in [1.54, 1.807) is 24.3 Å². The maximum absolute atomic E-state index is 12.2. The van der Waals surface area contributed by atoms with Gasteiger partial charge in [-0.05, 0) is 23.6 Å². The summed E-state index contributed by atoms with van der Waals surface area (Å²) in [5.41, 5.74) is 3.36. The number of hydrogen-bond donors (Lipinski definition) is 2. The Hall–Kier alpha value is -3.87. The van der Waals surface area contributed by atoms with Crippen LogP contribution in [0.3, 0.4) is 0 Å². The third kappa shape index (κ3) is 4.09. The maximum atomic E-state index is 12.2. The highest BCUT2D eigenvalue weighted by atomic mass is 16.5. The van der Waals surface area contributed by atoms with Crippen LogP contribution in [0.1, 0.15) is 5.56 Å². The molecule has 0 atom stereocenters. The third-order valence-electron chi connectivity index (χ3n) is 4.05. The van der Waals surface area contributed by atoms with Gasteiger partial charge in [0.05, 0.1) is 20.4 Å². The van der Waals surface area contributed by atoms with E-state index in [0.29, 0.717) is 22.7 Å². The second kappa shape index (κ2) is 8.68. The van der Waals surface area contributed by atoms with Gasteiger partial charge >= 0.3 is 11.8 Å². The Morgan fingerprint density at radius 1 is 0.893 bits per heavy atom. The second-order valence-corrected chi connectivity index (χ2v) is 5.76. The summed E-state index contributed by atoms with van der Waals surface area (Å²) in [4.78, 5) is 24.2. The number of methoxy groups -OCH3 is 2. The minimum Gasteiger partial charge on any atom is -0.493 e. The average molecular weight is 377 g/mol. The van der Waals surface area contributed by atoms with E-state index < -0.39 is 11.8 Å². The van der Waals surface area contributed by atoms with E-state index >= 15 is 0 Å². The molecule has 0 unspecified atom stereocenters. The zero-order chi connectivity index (χ0) is 19.9. The van der Waals surface area contributed by atoms with Gasteiger partial charge in [0.25, 0.3) is 0 Å². The average Bonchev–Trinajstić information content (AvgIpc) is 2.73. The molecule has 0 fully saturated rings. The second-order valence-electron chi connectivity index (χ2n) is 5.76. The van der Waals surface area contributed by atoms with E-state index in [-0.39, 0.29) is 0 Å². The van der Waals surface area contributed by atoms with Crippen LogP contribution in [0, 0.1) is 0 Å². The standard InChI is InChI=1S/C21H19N3O4/c1-27-18-12-6-9-15(19(18)28-2)13-22-24-21(26)20(25)23-17-11-5-8-14-7-3-4-10-16(14)17/h3-13H,1-2H3,(H,23,25)(H,24,26). The molecular formula is C21H19N3O4. The molecule has 0 aliphatic carbocycles. The maximum Gasteiger partial charge on any atom is 0.329 e. The van der Waals surface area contributed by atoms with E-state index in [4.69, 9.17) is 9.47 Å². The first-order chi connectivity index (χ1) is 13.6. The number of amides is 2. The van der Waals surface area contributed by atoms with E-state index in [0.717, 1.165) is 10.8 Å². The number of fused-ring (bicyclic) bond motifs is 1. The van der Waals surface area contributed by atoms with Gasteiger partial charge in [-0.25, -0.2) is 5.43 Å². The van der Waals surface area contributed by atoms with Crippen molar-refractivity contribution >= 4 is 34.5 Å². The topological polar surface area (TPSA) is 89.0 Å². The van der Waals surface area contributed by atoms with Crippen LogP contribution in [0.15, 0.2) is 65.8 Å². The normalized spacial score (nSPS) is 10.6. The fraction of sp³-hybridized carbons (Fsp3) is 0.0952. The monoisotopic (exact) mass is 377 g/mol. The Bertz CT molecular complexity index is 1040. The highest BCUT2D eigenvalue weighted by molar-refractivity contribution is 6.40. The van der Waals surface area contributed by atoms with Crippen LogP contribution >= 0.6 is 0 Å². The molecule has 0 aliphatic heterocycles. The Kier molecular flexibility index (Phi) is 5.86. The van der Waals surface area contributed by atoms with Crippen molar-refractivity contribution in [3.8, 4) is 11.5 Å². The Morgan fingerprint density at radius 2 is 1.64 bits per heavy atom. The summed E-state index contributed by atoms with van der Waals surface area (Å²) in [6, 6.07) is 18.3. The quantitative estimate of drug-likeness (QED) is 0.406. The number of carbonyl (C=O) groups is 2. The molecule has 28 heavy (non-hydrogen) atoms. The van der Waals surface area contributed by atoms with Crippen molar-refractivity contribution < 1.29 is 19.1 Å². The molecule has 7 heteroatoms. The van der Waals surface area contributed by atoms with E-state index in [1.165, 1.54) is 20.4 Å². The molecule has 3 aromatic carbocycles. The van der Waals surface area contributed by atoms with Crippen molar-refractivity contribution in [2.75, 3.05) is 19.5 Å². The van der Waals surface area contributed by atoms with Gasteiger partial charge in [-0.3, -0.25) is 9.59 Å². The van der Waals surface area contributed by atoms with Crippen molar-refractivity contribution in [3.05, 3.63) is 66.2 Å². The van der Waals surface area contributed by atoms with Gasteiger partial charge in [0.2, 0.25) is 0 Å². The van der Waals surface area contributed by atoms with Gasteiger partial charge in [0.15, 0.2) is 11.5 Å². The molecule has 0 spiro atoms. The molecule has 0 aliphatic rings. The van der Waals surface area contributed by atoms with Crippen LogP contribution in [-0.4, -0.2) is 32.2 Å². The summed E-state index contributed by atoms with van der Waals surface area (Å²) < 4.78 is 10.5. The molecule has 7 nitrogen and oxygen atoms in total. The molecule has 142 valence electrons. The highest BCUT2D eigenvalue weighted by Gasteiger charge is 2.14. The number of nitrogens with zero attached hydrogens (tertiary/aromatic N) is 1. The smallest absolute Gasteiger partial charge is 0.329 e. The van der Waals surface area contributed by atoms with E-state index in [2.05, 4.69) is 15.8 Å². The van der Waals surface area contributed by atoms with Crippen LogP contribution in [0.2, 0.25) is 0 Å². The minimum absolute atomic E-state index is 0.475. The van der Waals surface area contributed by atoms with Gasteiger partial charge in [0, 0.05) is 16.6 Å². The summed E-state index contributed by atoms with van der Waals surface area (Å²) >= 11 is 0. The summed E-state index contributed by atoms with van der Waals surface area (Å²) in [6.45, 7) is 0. The van der Waals surface area contributed by atoms with Crippen molar-refractivity contribution in [2.24, 2.45) is 5.10 Å². The van der Waals surface area contributed by atoms with Gasteiger partial charge in [-0.15, -0.1) is 0 Å². The van der Waals surface area contributed by atoms with Crippen LogP contribution in [0.5, 0.6) is 11.5 Å². The predicted molar refractivity (Wildman–Crippen MR) is 108 cm³/mol. The van der Waals surface area contributed by atoms with Crippen molar-refractivity contribution in [2.45, 2.75) is 0 Å². The Labute approximate surface area is 162 Å². The van der Waals surface area contributed by atoms with Gasteiger partial charge in [-0.1, -0.05) is 42.5 Å². The lowest BCUT2D eigenvalue weighted by molar-refractivity contribution is -0.136. The molecule has 0 heterocycles. The van der Waals surface area contributed by atoms with Gasteiger partial charge < -0.3 is 14.8 Å². The lowest BCUT2D eigenvalue weighted by Gasteiger charge is -2.09. The minimum atomic E-state index is -0.883. The molecule has 2 N–H and O–H groups in total. The number of nitrogens with one attached hydrogen (secondary N) is 2. The molecule has 0 radical (unpaired) electrons. The molecule has 2 amide bonds. The van der Waals surface area contributed by atoms with Gasteiger partial charge in [0.1, 0.15) is 0 Å². The number of rotatable bonds is 5. The first-order valence-corrected chi connectivity index (χ1v) is 8.47. The lowest BCUT2D eigenvalue weighted by atomic mass is 10.1. The summed E-state index contributed by atoms with van der Waals surface area (Å²) in [6.07, 6.45) is 1.38. The van der Waals surface area contributed by atoms with Crippen LogP contribution in [-0.2, 0) is 9.59 Å². The Morgan fingerprint density at radius 3 is 2.43 bits per heavy atom. The number of carbonyl (C=O) groups excluding carboxylic acids is 2. The summed E-state index contributed by atoms with van der Waals surface area (Å²) in [7, 11) is 3.03. The molecule has 0 saturated carbocycles. The molecule has 0 aromatic heterocycles. The van der Waals surface area contributed by atoms with Crippen molar-refractivity contribution in [1.82, 2.24) is 5.43 Å². The summed E-state index contributed by atoms with van der Waals surface area (Å²) in [5, 5.41) is 8.24. The van der Waals surface area contributed by atoms with Crippen molar-refractivity contribution in [3.63, 3.8) is 0 Å². The number of benzene rings is 3. The third-order valence-corrected chi connectivity index (χ3v) is 4.05. The van der Waals surface area contributed by atoms with Crippen molar-refractivity contribution in [1.29, 1.82) is 0 Å². The zero-order valence-electron chi connectivity index (χ0n) is 15.4. The summed E-state index contributed by atoms with van der Waals surface area (Å²) in [5.74, 6) is -0.688. The highest BCUT2D eigenvalue weighted by Crippen LogP contribution is 2.29. The zero-order valence-corrected chi connectivity index (χ0v) is 15.4. The first-order valence-electron chi connectivity index (χ1n) is 8.47. The number of anilines is 1. The number of hydrazone groups is 1. The van der Waals surface area contributed by atoms with Gasteiger partial charge in [-0.2, -0.15) is 5.10 Å².